The lowest BCUT2D eigenvalue weighted by molar-refractivity contribution is -0.125. The number of nitrogens with zero attached hydrogens (tertiary/aromatic N) is 1. The van der Waals surface area contributed by atoms with Crippen molar-refractivity contribution in [1.82, 2.24) is 4.90 Å². The quantitative estimate of drug-likeness (QED) is 0.864. The van der Waals surface area contributed by atoms with Crippen molar-refractivity contribution in [3.8, 4) is 0 Å². The van der Waals surface area contributed by atoms with Crippen LogP contribution in [0.25, 0.3) is 0 Å². The number of rotatable bonds is 4. The first-order valence-corrected chi connectivity index (χ1v) is 8.84. The van der Waals surface area contributed by atoms with Crippen LogP contribution in [-0.4, -0.2) is 42.3 Å². The summed E-state index contributed by atoms with van der Waals surface area (Å²) in [5.41, 5.74) is 6.94. The Kier molecular flexibility index (Phi) is 5.07. The molecule has 0 radical (unpaired) electrons. The summed E-state index contributed by atoms with van der Waals surface area (Å²) in [5, 5.41) is 0. The molecule has 3 nitrogen and oxygen atoms in total. The van der Waals surface area contributed by atoms with E-state index in [1.165, 1.54) is 32.1 Å². The lowest BCUT2D eigenvalue weighted by atomic mass is 9.65. The minimum Gasteiger partial charge on any atom is -0.373 e. The van der Waals surface area contributed by atoms with Crippen LogP contribution in [-0.2, 0) is 4.74 Å². The minimum absolute atomic E-state index is 0.0278. The molecule has 1 saturated carbocycles. The van der Waals surface area contributed by atoms with Crippen LogP contribution in [0.1, 0.15) is 66.7 Å². The van der Waals surface area contributed by atoms with Crippen molar-refractivity contribution >= 4 is 0 Å². The topological polar surface area (TPSA) is 38.5 Å². The molecule has 1 heterocycles. The van der Waals surface area contributed by atoms with E-state index in [1.54, 1.807) is 0 Å². The fraction of sp³-hybridized carbons (Fsp3) is 1.00. The standard InChI is InChI=1S/C18H36N2O/c1-6-16(2,3)15-7-9-18(13-19,10-8-15)20-11-12-21-17(4,5)14-20/h15H,6-14,19H2,1-5H3. The molecule has 1 saturated heterocycles. The summed E-state index contributed by atoms with van der Waals surface area (Å²) in [6, 6.07) is 0. The van der Waals surface area contributed by atoms with E-state index >= 15 is 0 Å². The van der Waals surface area contributed by atoms with Crippen LogP contribution in [0.15, 0.2) is 0 Å². The van der Waals surface area contributed by atoms with Crippen molar-refractivity contribution in [3.63, 3.8) is 0 Å². The molecule has 0 bridgehead atoms. The highest BCUT2D eigenvalue weighted by molar-refractivity contribution is 5.00. The molecule has 0 aromatic heterocycles. The third kappa shape index (κ3) is 3.62. The van der Waals surface area contributed by atoms with Crippen LogP contribution < -0.4 is 5.73 Å². The fourth-order valence-corrected chi connectivity index (χ4v) is 4.30. The highest BCUT2D eigenvalue weighted by atomic mass is 16.5. The lowest BCUT2D eigenvalue weighted by Gasteiger charge is -2.53. The first kappa shape index (κ1) is 17.2. The van der Waals surface area contributed by atoms with E-state index < -0.39 is 0 Å². The fourth-order valence-electron chi connectivity index (χ4n) is 4.30. The Hall–Kier alpha value is -0.120. The highest BCUT2D eigenvalue weighted by Crippen LogP contribution is 2.45. The number of ether oxygens (including phenoxy) is 1. The Morgan fingerprint density at radius 1 is 1.24 bits per heavy atom. The summed E-state index contributed by atoms with van der Waals surface area (Å²) < 4.78 is 5.89. The molecule has 1 aliphatic heterocycles. The van der Waals surface area contributed by atoms with Gasteiger partial charge in [-0.1, -0.05) is 27.2 Å². The van der Waals surface area contributed by atoms with Crippen molar-refractivity contribution in [2.24, 2.45) is 17.1 Å². The van der Waals surface area contributed by atoms with Crippen molar-refractivity contribution in [1.29, 1.82) is 0 Å². The number of morpholine rings is 1. The molecular formula is C18H36N2O. The second-order valence-electron chi connectivity index (χ2n) is 8.57. The van der Waals surface area contributed by atoms with Crippen LogP contribution in [0.4, 0.5) is 0 Å². The Bertz CT molecular complexity index is 343. The average Bonchev–Trinajstić information content (AvgIpc) is 2.46. The van der Waals surface area contributed by atoms with Crippen molar-refractivity contribution < 1.29 is 4.74 Å². The van der Waals surface area contributed by atoms with E-state index in [0.717, 1.165) is 32.2 Å². The van der Waals surface area contributed by atoms with Gasteiger partial charge in [0.15, 0.2) is 0 Å². The van der Waals surface area contributed by atoms with Gasteiger partial charge in [0.05, 0.1) is 12.2 Å². The van der Waals surface area contributed by atoms with E-state index in [1.807, 2.05) is 0 Å². The smallest absolute Gasteiger partial charge is 0.0753 e. The van der Waals surface area contributed by atoms with Crippen LogP contribution in [0, 0.1) is 11.3 Å². The van der Waals surface area contributed by atoms with Gasteiger partial charge >= 0.3 is 0 Å². The van der Waals surface area contributed by atoms with Gasteiger partial charge in [-0.2, -0.15) is 0 Å². The highest BCUT2D eigenvalue weighted by Gasteiger charge is 2.44. The molecule has 1 aliphatic carbocycles. The zero-order valence-electron chi connectivity index (χ0n) is 14.9. The maximum Gasteiger partial charge on any atom is 0.0753 e. The molecule has 0 unspecified atom stereocenters. The molecule has 2 rings (SSSR count). The van der Waals surface area contributed by atoms with Crippen molar-refractivity contribution in [3.05, 3.63) is 0 Å². The van der Waals surface area contributed by atoms with Crippen LogP contribution >= 0.6 is 0 Å². The SMILES string of the molecule is CCC(C)(C)C1CCC(CN)(N2CCOC(C)(C)C2)CC1. The van der Waals surface area contributed by atoms with Crippen LogP contribution in [0.5, 0.6) is 0 Å². The Balaban J connectivity index is 2.04. The zero-order chi connectivity index (χ0) is 15.7. The van der Waals surface area contributed by atoms with E-state index in [-0.39, 0.29) is 11.1 Å². The van der Waals surface area contributed by atoms with Crippen LogP contribution in [0.2, 0.25) is 0 Å². The normalized spacial score (nSPS) is 34.9. The molecule has 2 fully saturated rings. The minimum atomic E-state index is -0.0278. The van der Waals surface area contributed by atoms with Gasteiger partial charge in [-0.05, 0) is 50.9 Å². The maximum atomic E-state index is 6.26. The molecule has 2 N–H and O–H groups in total. The predicted octanol–water partition coefficient (Wildman–Crippen LogP) is 3.42. The third-order valence-corrected chi connectivity index (χ3v) is 6.41. The number of hydrogen-bond acceptors (Lipinski definition) is 3. The number of hydrogen-bond donors (Lipinski definition) is 1. The van der Waals surface area contributed by atoms with Crippen molar-refractivity contribution in [2.75, 3.05) is 26.2 Å². The summed E-state index contributed by atoms with van der Waals surface area (Å²) in [6.45, 7) is 15.3. The van der Waals surface area contributed by atoms with Crippen molar-refractivity contribution in [2.45, 2.75) is 77.9 Å². The predicted molar refractivity (Wildman–Crippen MR) is 89.4 cm³/mol. The molecule has 21 heavy (non-hydrogen) atoms. The van der Waals surface area contributed by atoms with Gasteiger partial charge in [0.25, 0.3) is 0 Å². The number of nitrogens with two attached hydrogens (primary N) is 1. The van der Waals surface area contributed by atoms with Gasteiger partial charge in [-0.3, -0.25) is 4.90 Å². The van der Waals surface area contributed by atoms with Gasteiger partial charge < -0.3 is 10.5 Å². The molecule has 3 heteroatoms. The molecule has 0 aromatic carbocycles. The van der Waals surface area contributed by atoms with Gasteiger partial charge in [-0.25, -0.2) is 0 Å². The van der Waals surface area contributed by atoms with E-state index in [4.69, 9.17) is 10.5 Å². The van der Waals surface area contributed by atoms with Gasteiger partial charge in [0.1, 0.15) is 0 Å². The average molecular weight is 296 g/mol. The molecule has 0 aromatic rings. The first-order valence-electron chi connectivity index (χ1n) is 8.84. The lowest BCUT2D eigenvalue weighted by Crippen LogP contribution is -2.62. The Morgan fingerprint density at radius 3 is 2.33 bits per heavy atom. The molecule has 0 amide bonds. The molecule has 0 atom stereocenters. The van der Waals surface area contributed by atoms with E-state index in [2.05, 4.69) is 39.5 Å². The molecular weight excluding hydrogens is 260 g/mol. The Morgan fingerprint density at radius 2 is 1.86 bits per heavy atom. The molecule has 2 aliphatic rings. The third-order valence-electron chi connectivity index (χ3n) is 6.41. The maximum absolute atomic E-state index is 6.26. The Labute approximate surface area is 131 Å². The van der Waals surface area contributed by atoms with E-state index in [9.17, 15) is 0 Å². The van der Waals surface area contributed by atoms with Gasteiger partial charge in [-0.15, -0.1) is 0 Å². The second-order valence-corrected chi connectivity index (χ2v) is 8.57. The van der Waals surface area contributed by atoms with Gasteiger partial charge in [0.2, 0.25) is 0 Å². The van der Waals surface area contributed by atoms with Gasteiger partial charge in [0, 0.05) is 25.2 Å². The summed E-state index contributed by atoms with van der Waals surface area (Å²) in [6.07, 6.45) is 6.45. The monoisotopic (exact) mass is 296 g/mol. The largest absolute Gasteiger partial charge is 0.373 e. The first-order chi connectivity index (χ1) is 9.75. The summed E-state index contributed by atoms with van der Waals surface area (Å²) in [4.78, 5) is 2.64. The molecule has 0 spiro atoms. The molecule has 124 valence electrons. The second kappa shape index (κ2) is 6.17. The summed E-state index contributed by atoms with van der Waals surface area (Å²) in [5.74, 6) is 0.858. The summed E-state index contributed by atoms with van der Waals surface area (Å²) in [7, 11) is 0. The van der Waals surface area contributed by atoms with Crippen LogP contribution in [0.3, 0.4) is 0 Å². The summed E-state index contributed by atoms with van der Waals surface area (Å²) >= 11 is 0. The van der Waals surface area contributed by atoms with E-state index in [0.29, 0.717) is 5.41 Å². The zero-order valence-corrected chi connectivity index (χ0v) is 14.9.